The van der Waals surface area contributed by atoms with Gasteiger partial charge in [0.05, 0.1) is 11.7 Å². The molecule has 1 heterocycles. The summed E-state index contributed by atoms with van der Waals surface area (Å²) in [5.74, 6) is -1.61. The van der Waals surface area contributed by atoms with Crippen LogP contribution < -0.4 is 5.32 Å². The summed E-state index contributed by atoms with van der Waals surface area (Å²) in [6, 6.07) is 5.86. The zero-order valence-electron chi connectivity index (χ0n) is 11.3. The van der Waals surface area contributed by atoms with Gasteiger partial charge in [-0.2, -0.15) is 0 Å². The molecule has 0 saturated carbocycles. The van der Waals surface area contributed by atoms with Gasteiger partial charge in [0.15, 0.2) is 11.6 Å². The molecule has 5 heteroatoms. The van der Waals surface area contributed by atoms with Gasteiger partial charge in [0.25, 0.3) is 0 Å². The molecule has 0 saturated heterocycles. The highest BCUT2D eigenvalue weighted by atomic mass is 19.2. The summed E-state index contributed by atoms with van der Waals surface area (Å²) in [5.41, 5.74) is 1.12. The Balaban J connectivity index is 2.21. The average molecular weight is 277 g/mol. The van der Waals surface area contributed by atoms with Crippen LogP contribution in [0.4, 0.5) is 8.78 Å². The summed E-state index contributed by atoms with van der Waals surface area (Å²) in [4.78, 5) is 8.06. The monoisotopic (exact) mass is 277 g/mol. The first kappa shape index (κ1) is 14.5. The lowest BCUT2D eigenvalue weighted by Crippen LogP contribution is -2.25. The van der Waals surface area contributed by atoms with E-state index < -0.39 is 11.6 Å². The van der Waals surface area contributed by atoms with Crippen LogP contribution >= 0.6 is 0 Å². The largest absolute Gasteiger partial charge is 0.308 e. The van der Waals surface area contributed by atoms with E-state index in [4.69, 9.17) is 0 Å². The van der Waals surface area contributed by atoms with Gasteiger partial charge in [0, 0.05) is 6.20 Å². The Hall–Kier alpha value is -1.88. The number of nitrogens with one attached hydrogen (secondary N) is 1. The fraction of sp³-hybridized carbons (Fsp3) is 0.333. The van der Waals surface area contributed by atoms with Crippen molar-refractivity contribution in [3.05, 3.63) is 59.7 Å². The van der Waals surface area contributed by atoms with Crippen molar-refractivity contribution in [1.82, 2.24) is 15.3 Å². The number of halogens is 2. The molecule has 0 bridgehead atoms. The highest BCUT2D eigenvalue weighted by Gasteiger charge is 2.16. The van der Waals surface area contributed by atoms with Crippen LogP contribution in [0.15, 0.2) is 36.8 Å². The highest BCUT2D eigenvalue weighted by molar-refractivity contribution is 5.22. The Morgan fingerprint density at radius 1 is 1.25 bits per heavy atom. The maximum absolute atomic E-state index is 13.8. The minimum atomic E-state index is -0.820. The Morgan fingerprint density at radius 2 is 2.10 bits per heavy atom. The first-order valence-corrected chi connectivity index (χ1v) is 6.64. The number of nitrogens with zero attached hydrogens (tertiary/aromatic N) is 2. The Bertz CT molecular complexity index is 546. The minimum Gasteiger partial charge on any atom is -0.308 e. The second kappa shape index (κ2) is 7.05. The van der Waals surface area contributed by atoms with E-state index in [9.17, 15) is 8.78 Å². The lowest BCUT2D eigenvalue weighted by atomic mass is 10.0. The van der Waals surface area contributed by atoms with Crippen molar-refractivity contribution < 1.29 is 8.78 Å². The van der Waals surface area contributed by atoms with E-state index >= 15 is 0 Å². The van der Waals surface area contributed by atoms with Crippen LogP contribution in [-0.2, 0) is 6.42 Å². The van der Waals surface area contributed by atoms with Crippen LogP contribution in [0, 0.1) is 11.6 Å². The third kappa shape index (κ3) is 3.57. The summed E-state index contributed by atoms with van der Waals surface area (Å²) < 4.78 is 27.0. The van der Waals surface area contributed by atoms with E-state index in [0.29, 0.717) is 12.0 Å². The zero-order valence-corrected chi connectivity index (χ0v) is 11.3. The number of hydrogen-bond acceptors (Lipinski definition) is 3. The molecule has 1 aromatic heterocycles. The average Bonchev–Trinajstić information content (AvgIpc) is 2.48. The molecule has 1 atom stereocenters. The van der Waals surface area contributed by atoms with Gasteiger partial charge in [0.1, 0.15) is 6.33 Å². The SMILES string of the molecule is CCCNC(Cc1cccc(F)c1F)c1ccncn1. The normalized spacial score (nSPS) is 12.3. The minimum absolute atomic E-state index is 0.158. The molecule has 2 rings (SSSR count). The van der Waals surface area contributed by atoms with Gasteiger partial charge in [-0.3, -0.25) is 0 Å². The van der Waals surface area contributed by atoms with Crippen molar-refractivity contribution in [2.75, 3.05) is 6.54 Å². The topological polar surface area (TPSA) is 37.8 Å². The number of hydrogen-bond donors (Lipinski definition) is 1. The summed E-state index contributed by atoms with van der Waals surface area (Å²) in [5, 5.41) is 3.30. The van der Waals surface area contributed by atoms with E-state index in [1.165, 1.54) is 12.4 Å². The van der Waals surface area contributed by atoms with Crippen molar-refractivity contribution in [2.45, 2.75) is 25.8 Å². The standard InChI is InChI=1S/C15H17F2N3/c1-2-7-19-14(13-6-8-18-10-20-13)9-11-4-3-5-12(16)15(11)17/h3-6,8,10,14,19H,2,7,9H2,1H3. The Morgan fingerprint density at radius 3 is 2.80 bits per heavy atom. The summed E-state index contributed by atoms with van der Waals surface area (Å²) >= 11 is 0. The Kier molecular flexibility index (Phi) is 5.12. The van der Waals surface area contributed by atoms with Gasteiger partial charge in [-0.25, -0.2) is 18.7 Å². The van der Waals surface area contributed by atoms with Crippen LogP contribution in [-0.4, -0.2) is 16.5 Å². The van der Waals surface area contributed by atoms with Gasteiger partial charge in [-0.15, -0.1) is 0 Å². The molecular formula is C15H17F2N3. The molecule has 106 valence electrons. The van der Waals surface area contributed by atoms with Gasteiger partial charge in [-0.05, 0) is 37.1 Å². The second-order valence-corrected chi connectivity index (χ2v) is 4.56. The maximum atomic E-state index is 13.8. The highest BCUT2D eigenvalue weighted by Crippen LogP contribution is 2.20. The molecule has 1 aromatic carbocycles. The van der Waals surface area contributed by atoms with Crippen molar-refractivity contribution in [3.63, 3.8) is 0 Å². The predicted octanol–water partition coefficient (Wildman–Crippen LogP) is 3.04. The lowest BCUT2D eigenvalue weighted by molar-refractivity contribution is 0.473. The molecule has 0 amide bonds. The molecule has 1 N–H and O–H groups in total. The molecule has 0 fully saturated rings. The first-order valence-electron chi connectivity index (χ1n) is 6.64. The van der Waals surface area contributed by atoms with Crippen LogP contribution in [0.3, 0.4) is 0 Å². The number of rotatable bonds is 6. The van der Waals surface area contributed by atoms with Crippen molar-refractivity contribution >= 4 is 0 Å². The summed E-state index contributed by atoms with van der Waals surface area (Å²) in [6.45, 7) is 2.83. The summed E-state index contributed by atoms with van der Waals surface area (Å²) in [7, 11) is 0. The zero-order chi connectivity index (χ0) is 14.4. The summed E-state index contributed by atoms with van der Waals surface area (Å²) in [6.07, 6.45) is 4.40. The second-order valence-electron chi connectivity index (χ2n) is 4.56. The van der Waals surface area contributed by atoms with Gasteiger partial charge in [0.2, 0.25) is 0 Å². The van der Waals surface area contributed by atoms with Crippen LogP contribution in [0.25, 0.3) is 0 Å². The van der Waals surface area contributed by atoms with Crippen LogP contribution in [0.1, 0.15) is 30.6 Å². The van der Waals surface area contributed by atoms with Gasteiger partial charge >= 0.3 is 0 Å². The van der Waals surface area contributed by atoms with E-state index in [-0.39, 0.29) is 6.04 Å². The first-order chi connectivity index (χ1) is 9.72. The third-order valence-corrected chi connectivity index (χ3v) is 3.06. The molecule has 3 nitrogen and oxygen atoms in total. The van der Waals surface area contributed by atoms with E-state index in [1.807, 2.05) is 6.92 Å². The lowest BCUT2D eigenvalue weighted by Gasteiger charge is -2.18. The van der Waals surface area contributed by atoms with Crippen LogP contribution in [0.5, 0.6) is 0 Å². The van der Waals surface area contributed by atoms with Crippen molar-refractivity contribution in [3.8, 4) is 0 Å². The van der Waals surface area contributed by atoms with Crippen LogP contribution in [0.2, 0.25) is 0 Å². The van der Waals surface area contributed by atoms with Gasteiger partial charge < -0.3 is 5.32 Å². The molecule has 0 aliphatic rings. The quantitative estimate of drug-likeness (QED) is 0.882. The molecule has 1 unspecified atom stereocenters. The molecule has 2 aromatic rings. The van der Waals surface area contributed by atoms with Crippen molar-refractivity contribution in [1.29, 1.82) is 0 Å². The molecular weight excluding hydrogens is 260 g/mol. The molecule has 0 spiro atoms. The van der Waals surface area contributed by atoms with E-state index in [1.54, 1.807) is 18.3 Å². The molecule has 20 heavy (non-hydrogen) atoms. The fourth-order valence-corrected chi connectivity index (χ4v) is 2.03. The predicted molar refractivity (Wildman–Crippen MR) is 73.1 cm³/mol. The van der Waals surface area contributed by atoms with Crippen molar-refractivity contribution in [2.24, 2.45) is 0 Å². The Labute approximate surface area is 117 Å². The number of aromatic nitrogens is 2. The molecule has 0 radical (unpaired) electrons. The third-order valence-electron chi connectivity index (χ3n) is 3.06. The van der Waals surface area contributed by atoms with Gasteiger partial charge in [-0.1, -0.05) is 19.1 Å². The van der Waals surface area contributed by atoms with E-state index in [0.717, 1.165) is 24.7 Å². The molecule has 0 aliphatic carbocycles. The fourth-order valence-electron chi connectivity index (χ4n) is 2.03. The van der Waals surface area contributed by atoms with E-state index in [2.05, 4.69) is 15.3 Å². The smallest absolute Gasteiger partial charge is 0.162 e. The maximum Gasteiger partial charge on any atom is 0.162 e. The molecule has 0 aliphatic heterocycles. The number of benzene rings is 1.